The van der Waals surface area contributed by atoms with Gasteiger partial charge < -0.3 is 25.1 Å². The van der Waals surface area contributed by atoms with Crippen molar-refractivity contribution in [1.29, 1.82) is 0 Å². The Morgan fingerprint density at radius 1 is 1.35 bits per heavy atom. The smallest absolute Gasteiger partial charge is 0.224 e. The lowest BCUT2D eigenvalue weighted by atomic mass is 10.2. The molecule has 2 rings (SSSR count). The fraction of sp³-hybridized carbons (Fsp3) is 0.583. The van der Waals surface area contributed by atoms with Crippen molar-refractivity contribution in [2.75, 3.05) is 44.6 Å². The van der Waals surface area contributed by atoms with Gasteiger partial charge in [-0.2, -0.15) is 9.97 Å². The van der Waals surface area contributed by atoms with E-state index in [1.807, 2.05) is 0 Å². The standard InChI is InChI=1S/C12H20N6O2/c1-8(6-20-3)18(4-5-19-2)11-9-10(15-7-14-9)16-12(13)17-11/h7-8H,4-6H2,1-3H3,(H3,13,14,15,16,17). The van der Waals surface area contributed by atoms with Gasteiger partial charge >= 0.3 is 0 Å². The van der Waals surface area contributed by atoms with E-state index >= 15 is 0 Å². The molecule has 2 aromatic rings. The van der Waals surface area contributed by atoms with Crippen molar-refractivity contribution in [2.45, 2.75) is 13.0 Å². The maximum Gasteiger partial charge on any atom is 0.224 e. The maximum absolute atomic E-state index is 5.76. The number of rotatable bonds is 7. The summed E-state index contributed by atoms with van der Waals surface area (Å²) in [6.45, 7) is 3.88. The van der Waals surface area contributed by atoms with E-state index in [0.717, 1.165) is 5.52 Å². The van der Waals surface area contributed by atoms with E-state index in [2.05, 4.69) is 31.8 Å². The molecule has 0 radical (unpaired) electrons. The molecule has 0 aliphatic carbocycles. The number of hydrogen-bond acceptors (Lipinski definition) is 7. The van der Waals surface area contributed by atoms with Crippen LogP contribution in [0.3, 0.4) is 0 Å². The molecule has 0 bridgehead atoms. The maximum atomic E-state index is 5.76. The van der Waals surface area contributed by atoms with Crippen LogP contribution in [0.5, 0.6) is 0 Å². The number of nitrogens with one attached hydrogen (secondary N) is 1. The van der Waals surface area contributed by atoms with Gasteiger partial charge in [-0.25, -0.2) is 4.98 Å². The van der Waals surface area contributed by atoms with E-state index in [1.165, 1.54) is 0 Å². The van der Waals surface area contributed by atoms with Crippen molar-refractivity contribution in [3.05, 3.63) is 6.33 Å². The highest BCUT2D eigenvalue weighted by molar-refractivity contribution is 5.84. The lowest BCUT2D eigenvalue weighted by molar-refractivity contribution is 0.170. The summed E-state index contributed by atoms with van der Waals surface area (Å²) in [5.41, 5.74) is 7.08. The Labute approximate surface area is 117 Å². The highest BCUT2D eigenvalue weighted by atomic mass is 16.5. The van der Waals surface area contributed by atoms with Gasteiger partial charge in [0.1, 0.15) is 5.52 Å². The molecule has 0 aliphatic rings. The van der Waals surface area contributed by atoms with Crippen LogP contribution in [0.2, 0.25) is 0 Å². The van der Waals surface area contributed by atoms with Gasteiger partial charge in [0, 0.05) is 20.8 Å². The predicted octanol–water partition coefficient (Wildman–Crippen LogP) is 0.423. The molecule has 0 spiro atoms. The van der Waals surface area contributed by atoms with Gasteiger partial charge in [-0.3, -0.25) is 0 Å². The summed E-state index contributed by atoms with van der Waals surface area (Å²) in [5.74, 6) is 0.915. The van der Waals surface area contributed by atoms with E-state index < -0.39 is 0 Å². The Kier molecular flexibility index (Phi) is 4.70. The van der Waals surface area contributed by atoms with E-state index in [4.69, 9.17) is 15.2 Å². The van der Waals surface area contributed by atoms with Crippen LogP contribution in [0, 0.1) is 0 Å². The van der Waals surface area contributed by atoms with Gasteiger partial charge in [-0.15, -0.1) is 0 Å². The number of aromatic amines is 1. The zero-order valence-corrected chi connectivity index (χ0v) is 12.0. The number of methoxy groups -OCH3 is 2. The van der Waals surface area contributed by atoms with Crippen LogP contribution < -0.4 is 10.6 Å². The fourth-order valence-electron chi connectivity index (χ4n) is 2.10. The summed E-state index contributed by atoms with van der Waals surface area (Å²) in [5, 5.41) is 0. The number of aromatic nitrogens is 4. The number of nitrogens with two attached hydrogens (primary N) is 1. The van der Waals surface area contributed by atoms with Gasteiger partial charge in [0.15, 0.2) is 11.5 Å². The number of nitrogens with zero attached hydrogens (tertiary/aromatic N) is 4. The molecular weight excluding hydrogens is 260 g/mol. The predicted molar refractivity (Wildman–Crippen MR) is 76.7 cm³/mol. The second-order valence-corrected chi connectivity index (χ2v) is 4.50. The molecule has 110 valence electrons. The molecule has 0 amide bonds. The summed E-state index contributed by atoms with van der Waals surface area (Å²) in [7, 11) is 3.34. The molecule has 0 fully saturated rings. The minimum Gasteiger partial charge on any atom is -0.383 e. The molecule has 20 heavy (non-hydrogen) atoms. The number of imidazole rings is 1. The molecule has 8 heteroatoms. The molecule has 3 N–H and O–H groups in total. The van der Waals surface area contributed by atoms with Gasteiger partial charge in [-0.1, -0.05) is 0 Å². The molecule has 0 aromatic carbocycles. The van der Waals surface area contributed by atoms with Crippen molar-refractivity contribution >= 4 is 22.9 Å². The SMILES string of the molecule is COCCN(c1nc(N)nc2nc[nH]c12)C(C)COC. The first kappa shape index (κ1) is 14.5. The van der Waals surface area contributed by atoms with Crippen LogP contribution in [-0.4, -0.2) is 60.0 Å². The number of anilines is 2. The van der Waals surface area contributed by atoms with Crippen LogP contribution in [0.25, 0.3) is 11.2 Å². The molecular formula is C12H20N6O2. The van der Waals surface area contributed by atoms with Crippen LogP contribution in [-0.2, 0) is 9.47 Å². The Morgan fingerprint density at radius 2 is 2.15 bits per heavy atom. The quantitative estimate of drug-likeness (QED) is 0.757. The molecule has 1 unspecified atom stereocenters. The van der Waals surface area contributed by atoms with Crippen LogP contribution >= 0.6 is 0 Å². The van der Waals surface area contributed by atoms with Crippen molar-refractivity contribution in [3.63, 3.8) is 0 Å². The van der Waals surface area contributed by atoms with Gasteiger partial charge in [0.25, 0.3) is 0 Å². The molecule has 1 atom stereocenters. The third-order valence-corrected chi connectivity index (χ3v) is 3.03. The zero-order chi connectivity index (χ0) is 14.5. The van der Waals surface area contributed by atoms with E-state index in [9.17, 15) is 0 Å². The summed E-state index contributed by atoms with van der Waals surface area (Å²) < 4.78 is 10.4. The zero-order valence-electron chi connectivity index (χ0n) is 12.0. The van der Waals surface area contributed by atoms with Gasteiger partial charge in [0.05, 0.1) is 25.6 Å². The number of H-pyrrole nitrogens is 1. The number of hydrogen-bond donors (Lipinski definition) is 2. The Balaban J connectivity index is 2.40. The van der Waals surface area contributed by atoms with Crippen molar-refractivity contribution in [1.82, 2.24) is 19.9 Å². The van der Waals surface area contributed by atoms with E-state index in [-0.39, 0.29) is 12.0 Å². The summed E-state index contributed by atoms with van der Waals surface area (Å²) >= 11 is 0. The van der Waals surface area contributed by atoms with E-state index in [0.29, 0.717) is 31.2 Å². The minimum absolute atomic E-state index is 0.121. The molecule has 0 saturated carbocycles. The largest absolute Gasteiger partial charge is 0.383 e. The van der Waals surface area contributed by atoms with Crippen LogP contribution in [0.4, 0.5) is 11.8 Å². The second-order valence-electron chi connectivity index (χ2n) is 4.50. The van der Waals surface area contributed by atoms with Crippen molar-refractivity contribution < 1.29 is 9.47 Å². The highest BCUT2D eigenvalue weighted by Crippen LogP contribution is 2.23. The molecule has 2 heterocycles. The lowest BCUT2D eigenvalue weighted by Crippen LogP contribution is -2.39. The first-order chi connectivity index (χ1) is 9.67. The van der Waals surface area contributed by atoms with E-state index in [1.54, 1.807) is 20.5 Å². The lowest BCUT2D eigenvalue weighted by Gasteiger charge is -2.29. The van der Waals surface area contributed by atoms with Crippen LogP contribution in [0.15, 0.2) is 6.33 Å². The molecule has 0 saturated heterocycles. The molecule has 8 nitrogen and oxygen atoms in total. The third-order valence-electron chi connectivity index (χ3n) is 3.03. The summed E-state index contributed by atoms with van der Waals surface area (Å²) in [4.78, 5) is 17.7. The average molecular weight is 280 g/mol. The normalized spacial score (nSPS) is 12.8. The Morgan fingerprint density at radius 3 is 2.85 bits per heavy atom. The summed E-state index contributed by atoms with van der Waals surface area (Å²) in [6.07, 6.45) is 1.58. The van der Waals surface area contributed by atoms with Gasteiger partial charge in [0.2, 0.25) is 5.95 Å². The van der Waals surface area contributed by atoms with Crippen LogP contribution in [0.1, 0.15) is 6.92 Å². The molecule has 2 aromatic heterocycles. The number of fused-ring (bicyclic) bond motifs is 1. The monoisotopic (exact) mass is 280 g/mol. The second kappa shape index (κ2) is 6.49. The van der Waals surface area contributed by atoms with Crippen molar-refractivity contribution in [3.8, 4) is 0 Å². The fourth-order valence-corrected chi connectivity index (χ4v) is 2.10. The third kappa shape index (κ3) is 2.97. The molecule has 0 aliphatic heterocycles. The van der Waals surface area contributed by atoms with Gasteiger partial charge in [-0.05, 0) is 6.92 Å². The first-order valence-electron chi connectivity index (χ1n) is 6.38. The Hall–Kier alpha value is -1.93. The minimum atomic E-state index is 0.121. The van der Waals surface area contributed by atoms with Crippen molar-refractivity contribution in [2.24, 2.45) is 0 Å². The highest BCUT2D eigenvalue weighted by Gasteiger charge is 2.20. The summed E-state index contributed by atoms with van der Waals surface area (Å²) in [6, 6.07) is 0.121. The Bertz CT molecular complexity index is 558. The topological polar surface area (TPSA) is 102 Å². The average Bonchev–Trinajstić information content (AvgIpc) is 2.87. The number of nitrogen functional groups attached to an aromatic ring is 1. The first-order valence-corrected chi connectivity index (χ1v) is 6.38. The number of ether oxygens (including phenoxy) is 2.